The standard InChI is InChI=1S/C23H28O2.C2H6/c1-14-10-20(24-6)19-13-16-12-17(23(3,4)5)8-9-18(16)15(2)22(19)21(11-14)25-7;1-2/h8-14H,1-7H3;1-2H3. The molecule has 0 aliphatic heterocycles. The van der Waals surface area contributed by atoms with Crippen LogP contribution < -0.4 is 0 Å². The fraction of sp³-hybridized carbons (Fsp3) is 0.440. The van der Waals surface area contributed by atoms with Crippen LogP contribution >= 0.6 is 0 Å². The van der Waals surface area contributed by atoms with Gasteiger partial charge in [-0.2, -0.15) is 0 Å². The summed E-state index contributed by atoms with van der Waals surface area (Å²) in [6.07, 6.45) is 4.32. The Hall–Kier alpha value is -2.22. The van der Waals surface area contributed by atoms with Crippen LogP contribution in [0.5, 0.6) is 0 Å². The maximum atomic E-state index is 5.74. The molecule has 0 N–H and O–H groups in total. The first-order valence-electron chi connectivity index (χ1n) is 9.86. The number of hydrogen-bond acceptors (Lipinski definition) is 2. The Balaban J connectivity index is 0.00000126. The topological polar surface area (TPSA) is 18.5 Å². The second-order valence-electron chi connectivity index (χ2n) is 7.94. The molecule has 1 aliphatic rings. The number of rotatable bonds is 2. The number of allylic oxidation sites excluding steroid dienone is 2. The molecule has 0 amide bonds. The highest BCUT2D eigenvalue weighted by Gasteiger charge is 2.23. The molecular formula is C25H34O2. The van der Waals surface area contributed by atoms with Crippen molar-refractivity contribution in [2.45, 2.75) is 53.9 Å². The Morgan fingerprint density at radius 2 is 1.48 bits per heavy atom. The van der Waals surface area contributed by atoms with Crippen LogP contribution in [0.15, 0.2) is 36.4 Å². The van der Waals surface area contributed by atoms with E-state index in [1.165, 1.54) is 21.9 Å². The maximum absolute atomic E-state index is 5.74. The van der Waals surface area contributed by atoms with Crippen LogP contribution in [0.1, 0.15) is 63.8 Å². The van der Waals surface area contributed by atoms with Crippen molar-refractivity contribution in [1.29, 1.82) is 0 Å². The lowest BCUT2D eigenvalue weighted by molar-refractivity contribution is 0.364. The Morgan fingerprint density at radius 1 is 0.889 bits per heavy atom. The quantitative estimate of drug-likeness (QED) is 0.564. The van der Waals surface area contributed by atoms with Crippen LogP contribution in [-0.4, -0.2) is 14.2 Å². The summed E-state index contributed by atoms with van der Waals surface area (Å²) < 4.78 is 11.5. The first-order valence-corrected chi connectivity index (χ1v) is 9.86. The van der Waals surface area contributed by atoms with Crippen LogP contribution in [0.2, 0.25) is 0 Å². The van der Waals surface area contributed by atoms with Gasteiger partial charge in [0, 0.05) is 11.1 Å². The highest BCUT2D eigenvalue weighted by atomic mass is 16.5. The molecule has 1 unspecified atom stereocenters. The Morgan fingerprint density at radius 3 is 2.04 bits per heavy atom. The van der Waals surface area contributed by atoms with Crippen molar-refractivity contribution in [2.75, 3.05) is 14.2 Å². The van der Waals surface area contributed by atoms with Gasteiger partial charge in [0.05, 0.1) is 14.2 Å². The van der Waals surface area contributed by atoms with E-state index in [0.29, 0.717) is 0 Å². The van der Waals surface area contributed by atoms with E-state index in [0.717, 1.165) is 22.6 Å². The van der Waals surface area contributed by atoms with Crippen molar-refractivity contribution in [3.8, 4) is 0 Å². The summed E-state index contributed by atoms with van der Waals surface area (Å²) >= 11 is 0. The molecule has 2 aromatic rings. The molecule has 1 aliphatic carbocycles. The predicted octanol–water partition coefficient (Wildman–Crippen LogP) is 7.10. The minimum Gasteiger partial charge on any atom is -0.496 e. The monoisotopic (exact) mass is 366 g/mol. The van der Waals surface area contributed by atoms with Gasteiger partial charge in [0.25, 0.3) is 0 Å². The van der Waals surface area contributed by atoms with Gasteiger partial charge >= 0.3 is 0 Å². The van der Waals surface area contributed by atoms with Gasteiger partial charge in [0.1, 0.15) is 11.5 Å². The molecule has 0 spiro atoms. The number of benzene rings is 2. The third-order valence-corrected chi connectivity index (χ3v) is 5.05. The van der Waals surface area contributed by atoms with Gasteiger partial charge in [-0.1, -0.05) is 59.7 Å². The van der Waals surface area contributed by atoms with E-state index in [4.69, 9.17) is 9.47 Å². The summed E-state index contributed by atoms with van der Waals surface area (Å²) in [5, 5.41) is 2.51. The van der Waals surface area contributed by atoms with Crippen LogP contribution in [0.3, 0.4) is 0 Å². The van der Waals surface area contributed by atoms with Crippen LogP contribution in [-0.2, 0) is 14.9 Å². The van der Waals surface area contributed by atoms with E-state index in [1.54, 1.807) is 14.2 Å². The lowest BCUT2D eigenvalue weighted by Crippen LogP contribution is -2.11. The van der Waals surface area contributed by atoms with Gasteiger partial charge in [0.15, 0.2) is 0 Å². The molecule has 0 saturated carbocycles. The molecule has 1 atom stereocenters. The number of methoxy groups -OCH3 is 2. The van der Waals surface area contributed by atoms with Crippen molar-refractivity contribution in [2.24, 2.45) is 5.92 Å². The maximum Gasteiger partial charge on any atom is 0.123 e. The summed E-state index contributed by atoms with van der Waals surface area (Å²) in [5.74, 6) is 2.09. The third kappa shape index (κ3) is 4.05. The average molecular weight is 367 g/mol. The number of aryl methyl sites for hydroxylation is 1. The molecule has 2 heteroatoms. The fourth-order valence-electron chi connectivity index (χ4n) is 3.61. The summed E-state index contributed by atoms with van der Waals surface area (Å²) in [6, 6.07) is 9.03. The van der Waals surface area contributed by atoms with Gasteiger partial charge < -0.3 is 9.47 Å². The molecule has 0 aromatic heterocycles. The largest absolute Gasteiger partial charge is 0.496 e. The first-order chi connectivity index (χ1) is 12.8. The van der Waals surface area contributed by atoms with Crippen molar-refractivity contribution < 1.29 is 9.47 Å². The van der Waals surface area contributed by atoms with Gasteiger partial charge in [-0.3, -0.25) is 0 Å². The van der Waals surface area contributed by atoms with E-state index in [1.807, 2.05) is 13.8 Å². The molecule has 0 fully saturated rings. The van der Waals surface area contributed by atoms with Gasteiger partial charge in [-0.15, -0.1) is 0 Å². The highest BCUT2D eigenvalue weighted by Crippen LogP contribution is 2.39. The number of ether oxygens (including phenoxy) is 2. The number of fused-ring (bicyclic) bond motifs is 2. The smallest absolute Gasteiger partial charge is 0.123 e. The molecule has 27 heavy (non-hydrogen) atoms. The van der Waals surface area contributed by atoms with E-state index in [-0.39, 0.29) is 11.3 Å². The molecule has 2 aromatic carbocycles. The zero-order chi connectivity index (χ0) is 20.4. The lowest BCUT2D eigenvalue weighted by atomic mass is 9.84. The minimum atomic E-state index is 0.126. The average Bonchev–Trinajstić information content (AvgIpc) is 2.78. The summed E-state index contributed by atoms with van der Waals surface area (Å²) in [4.78, 5) is 0. The molecule has 3 rings (SSSR count). The van der Waals surface area contributed by atoms with Gasteiger partial charge in [-0.05, 0) is 58.4 Å². The zero-order valence-electron chi connectivity index (χ0n) is 18.4. The Bertz CT molecular complexity index is 879. The lowest BCUT2D eigenvalue weighted by Gasteiger charge is -2.22. The first kappa shape index (κ1) is 21.1. The predicted molar refractivity (Wildman–Crippen MR) is 118 cm³/mol. The Kier molecular flexibility index (Phi) is 6.41. The molecule has 0 saturated heterocycles. The molecular weight excluding hydrogens is 332 g/mol. The van der Waals surface area contributed by atoms with Crippen molar-refractivity contribution in [3.05, 3.63) is 58.7 Å². The Labute approximate surface area is 164 Å². The fourth-order valence-corrected chi connectivity index (χ4v) is 3.61. The highest BCUT2D eigenvalue weighted by molar-refractivity contribution is 5.95. The van der Waals surface area contributed by atoms with Crippen LogP contribution in [0.4, 0.5) is 0 Å². The zero-order valence-corrected chi connectivity index (χ0v) is 18.4. The summed E-state index contributed by atoms with van der Waals surface area (Å²) in [7, 11) is 3.48. The SMILES string of the molecule is CC.COC1=CC(C)C=C(OC)c2c1cc1cc(C(C)(C)C)ccc1c2C. The van der Waals surface area contributed by atoms with E-state index in [2.05, 4.69) is 71.0 Å². The van der Waals surface area contributed by atoms with Crippen molar-refractivity contribution in [3.63, 3.8) is 0 Å². The second kappa shape index (κ2) is 8.21. The second-order valence-corrected chi connectivity index (χ2v) is 7.94. The van der Waals surface area contributed by atoms with Crippen molar-refractivity contribution >= 4 is 22.3 Å². The molecule has 0 radical (unpaired) electrons. The van der Waals surface area contributed by atoms with E-state index >= 15 is 0 Å². The van der Waals surface area contributed by atoms with Gasteiger partial charge in [-0.25, -0.2) is 0 Å². The minimum absolute atomic E-state index is 0.126. The molecule has 146 valence electrons. The molecule has 0 heterocycles. The summed E-state index contributed by atoms with van der Waals surface area (Å²) in [5.41, 5.74) is 4.94. The molecule has 0 bridgehead atoms. The third-order valence-electron chi connectivity index (χ3n) is 5.05. The van der Waals surface area contributed by atoms with Crippen LogP contribution in [0.25, 0.3) is 22.3 Å². The number of hydrogen-bond donors (Lipinski definition) is 0. The van der Waals surface area contributed by atoms with Gasteiger partial charge in [0.2, 0.25) is 0 Å². The normalized spacial score (nSPS) is 16.4. The summed E-state index contributed by atoms with van der Waals surface area (Å²) in [6.45, 7) is 15.1. The van der Waals surface area contributed by atoms with E-state index < -0.39 is 0 Å². The molecule has 2 nitrogen and oxygen atoms in total. The van der Waals surface area contributed by atoms with Crippen LogP contribution in [0, 0.1) is 12.8 Å². The van der Waals surface area contributed by atoms with E-state index in [9.17, 15) is 0 Å². The van der Waals surface area contributed by atoms with Crippen molar-refractivity contribution in [1.82, 2.24) is 0 Å².